The predicted octanol–water partition coefficient (Wildman–Crippen LogP) is 2.32. The highest BCUT2D eigenvalue weighted by Crippen LogP contribution is 2.44. The first-order valence-electron chi connectivity index (χ1n) is 9.35. The molecular weight excluding hydrogens is 298 g/mol. The fourth-order valence-electron chi connectivity index (χ4n) is 4.55. The number of amides is 1. The van der Waals surface area contributed by atoms with E-state index in [0.29, 0.717) is 17.9 Å². The molecule has 0 saturated carbocycles. The van der Waals surface area contributed by atoms with E-state index in [1.54, 1.807) is 0 Å². The van der Waals surface area contributed by atoms with Gasteiger partial charge in [0.05, 0.1) is 6.54 Å². The second-order valence-corrected chi connectivity index (χ2v) is 7.55. The van der Waals surface area contributed by atoms with Crippen LogP contribution in [0.4, 0.5) is 0 Å². The molecule has 1 aromatic carbocycles. The number of benzene rings is 1. The van der Waals surface area contributed by atoms with Crippen molar-refractivity contribution in [1.82, 2.24) is 15.1 Å². The number of hydrogen-bond donors (Lipinski definition) is 1. The normalized spacial score (nSPS) is 24.2. The standard InChI is InChI=1S/C20H31N3O/c1-3-22-15-18(17-7-5-4-6-8-17)13-20(16-22)9-11-23(12-10-20)19(24)14-21-2/h4-8,18,21H,3,9-16H2,1-2H3. The number of carbonyl (C=O) groups is 1. The fourth-order valence-corrected chi connectivity index (χ4v) is 4.55. The van der Waals surface area contributed by atoms with Gasteiger partial charge in [-0.1, -0.05) is 37.3 Å². The number of likely N-dealkylation sites (tertiary alicyclic amines) is 2. The molecule has 1 aromatic rings. The van der Waals surface area contributed by atoms with Crippen molar-refractivity contribution in [2.24, 2.45) is 5.41 Å². The summed E-state index contributed by atoms with van der Waals surface area (Å²) in [5.74, 6) is 0.870. The molecule has 1 N–H and O–H groups in total. The molecule has 1 unspecified atom stereocenters. The summed E-state index contributed by atoms with van der Waals surface area (Å²) in [4.78, 5) is 16.8. The molecular formula is C20H31N3O. The first-order chi connectivity index (χ1) is 11.7. The summed E-state index contributed by atoms with van der Waals surface area (Å²) in [6.45, 7) is 8.05. The molecule has 24 heavy (non-hydrogen) atoms. The third-order valence-electron chi connectivity index (χ3n) is 5.94. The lowest BCUT2D eigenvalue weighted by Gasteiger charge is -2.50. The largest absolute Gasteiger partial charge is 0.342 e. The van der Waals surface area contributed by atoms with E-state index in [-0.39, 0.29) is 5.91 Å². The quantitative estimate of drug-likeness (QED) is 0.921. The highest BCUT2D eigenvalue weighted by Gasteiger charge is 2.42. The molecule has 4 nitrogen and oxygen atoms in total. The summed E-state index contributed by atoms with van der Waals surface area (Å²) in [5.41, 5.74) is 1.86. The zero-order valence-electron chi connectivity index (χ0n) is 15.1. The van der Waals surface area contributed by atoms with Gasteiger partial charge in [-0.15, -0.1) is 0 Å². The summed E-state index contributed by atoms with van der Waals surface area (Å²) in [6.07, 6.45) is 3.55. The molecule has 2 aliphatic heterocycles. The third kappa shape index (κ3) is 3.81. The van der Waals surface area contributed by atoms with Gasteiger partial charge in [0.25, 0.3) is 0 Å². The number of rotatable bonds is 4. The van der Waals surface area contributed by atoms with Crippen molar-refractivity contribution in [2.75, 3.05) is 46.3 Å². The Morgan fingerprint density at radius 3 is 2.58 bits per heavy atom. The van der Waals surface area contributed by atoms with Gasteiger partial charge >= 0.3 is 0 Å². The van der Waals surface area contributed by atoms with Crippen molar-refractivity contribution in [3.63, 3.8) is 0 Å². The van der Waals surface area contributed by atoms with Gasteiger partial charge in [0, 0.05) is 26.2 Å². The highest BCUT2D eigenvalue weighted by molar-refractivity contribution is 5.78. The van der Waals surface area contributed by atoms with Crippen molar-refractivity contribution in [3.05, 3.63) is 35.9 Å². The lowest BCUT2D eigenvalue weighted by Crippen LogP contribution is -2.53. The Labute approximate surface area is 146 Å². The number of carbonyl (C=O) groups excluding carboxylic acids is 1. The molecule has 1 atom stereocenters. The number of nitrogens with zero attached hydrogens (tertiary/aromatic N) is 2. The van der Waals surface area contributed by atoms with Crippen LogP contribution in [0.15, 0.2) is 30.3 Å². The van der Waals surface area contributed by atoms with Crippen molar-refractivity contribution in [2.45, 2.75) is 32.1 Å². The molecule has 1 spiro atoms. The monoisotopic (exact) mass is 329 g/mol. The lowest BCUT2D eigenvalue weighted by molar-refractivity contribution is -0.133. The summed E-state index contributed by atoms with van der Waals surface area (Å²) in [6, 6.07) is 11.0. The first kappa shape index (κ1) is 17.4. The number of piperidine rings is 2. The van der Waals surface area contributed by atoms with Crippen LogP contribution in [0.1, 0.15) is 37.7 Å². The molecule has 3 rings (SSSR count). The van der Waals surface area contributed by atoms with Gasteiger partial charge in [0.15, 0.2) is 0 Å². The van der Waals surface area contributed by atoms with Gasteiger partial charge in [-0.2, -0.15) is 0 Å². The molecule has 132 valence electrons. The minimum atomic E-state index is 0.245. The van der Waals surface area contributed by atoms with Gasteiger partial charge in [0.2, 0.25) is 5.91 Å². The van der Waals surface area contributed by atoms with Crippen LogP contribution >= 0.6 is 0 Å². The third-order valence-corrected chi connectivity index (χ3v) is 5.94. The zero-order chi connectivity index (χ0) is 17.0. The summed E-state index contributed by atoms with van der Waals surface area (Å²) in [7, 11) is 1.84. The van der Waals surface area contributed by atoms with Gasteiger partial charge in [0.1, 0.15) is 0 Å². The minimum absolute atomic E-state index is 0.245. The molecule has 4 heteroatoms. The average Bonchev–Trinajstić information content (AvgIpc) is 2.63. The molecule has 2 saturated heterocycles. The minimum Gasteiger partial charge on any atom is -0.342 e. The first-order valence-corrected chi connectivity index (χ1v) is 9.35. The van der Waals surface area contributed by atoms with Crippen LogP contribution in [0.25, 0.3) is 0 Å². The van der Waals surface area contributed by atoms with E-state index < -0.39 is 0 Å². The molecule has 0 radical (unpaired) electrons. The van der Waals surface area contributed by atoms with E-state index in [9.17, 15) is 4.79 Å². The predicted molar refractivity (Wildman–Crippen MR) is 98.1 cm³/mol. The maximum atomic E-state index is 12.1. The van der Waals surface area contributed by atoms with E-state index in [2.05, 4.69) is 47.5 Å². The average molecular weight is 329 g/mol. The van der Waals surface area contributed by atoms with Crippen molar-refractivity contribution >= 4 is 5.91 Å². The molecule has 0 aromatic heterocycles. The van der Waals surface area contributed by atoms with E-state index in [0.717, 1.165) is 32.5 Å². The van der Waals surface area contributed by atoms with Crippen LogP contribution in [0.2, 0.25) is 0 Å². The highest BCUT2D eigenvalue weighted by atomic mass is 16.2. The second kappa shape index (κ2) is 7.66. The van der Waals surface area contributed by atoms with Crippen LogP contribution in [-0.4, -0.2) is 62.0 Å². The van der Waals surface area contributed by atoms with E-state index in [1.165, 1.54) is 25.1 Å². The summed E-state index contributed by atoms with van der Waals surface area (Å²) >= 11 is 0. The topological polar surface area (TPSA) is 35.6 Å². The Balaban J connectivity index is 1.69. The Kier molecular flexibility index (Phi) is 5.57. The van der Waals surface area contributed by atoms with E-state index in [4.69, 9.17) is 0 Å². The SMILES string of the molecule is CCN1CC(c2ccccc2)CC2(CCN(C(=O)CNC)CC2)C1. The van der Waals surface area contributed by atoms with Crippen LogP contribution in [-0.2, 0) is 4.79 Å². The maximum absolute atomic E-state index is 12.1. The van der Waals surface area contributed by atoms with Crippen LogP contribution in [0, 0.1) is 5.41 Å². The Morgan fingerprint density at radius 2 is 1.96 bits per heavy atom. The fraction of sp³-hybridized carbons (Fsp3) is 0.650. The number of nitrogens with one attached hydrogen (secondary N) is 1. The molecule has 2 fully saturated rings. The number of hydrogen-bond acceptors (Lipinski definition) is 3. The maximum Gasteiger partial charge on any atom is 0.236 e. The molecule has 2 aliphatic rings. The van der Waals surface area contributed by atoms with Gasteiger partial charge < -0.3 is 15.1 Å². The Hall–Kier alpha value is -1.39. The van der Waals surface area contributed by atoms with E-state index >= 15 is 0 Å². The molecule has 1 amide bonds. The smallest absolute Gasteiger partial charge is 0.236 e. The molecule has 2 heterocycles. The van der Waals surface area contributed by atoms with E-state index in [1.807, 2.05) is 11.9 Å². The zero-order valence-corrected chi connectivity index (χ0v) is 15.1. The van der Waals surface area contributed by atoms with Crippen molar-refractivity contribution in [3.8, 4) is 0 Å². The lowest BCUT2D eigenvalue weighted by atomic mass is 9.68. The van der Waals surface area contributed by atoms with Crippen molar-refractivity contribution < 1.29 is 4.79 Å². The summed E-state index contributed by atoms with van der Waals surface area (Å²) < 4.78 is 0. The van der Waals surface area contributed by atoms with Crippen molar-refractivity contribution in [1.29, 1.82) is 0 Å². The van der Waals surface area contributed by atoms with Crippen LogP contribution in [0.5, 0.6) is 0 Å². The Morgan fingerprint density at radius 1 is 1.25 bits per heavy atom. The van der Waals surface area contributed by atoms with Crippen LogP contribution < -0.4 is 5.32 Å². The molecule has 0 bridgehead atoms. The Bertz CT molecular complexity index is 537. The summed E-state index contributed by atoms with van der Waals surface area (Å²) in [5, 5.41) is 2.98. The second-order valence-electron chi connectivity index (χ2n) is 7.55. The van der Waals surface area contributed by atoms with Gasteiger partial charge in [-0.25, -0.2) is 0 Å². The number of likely N-dealkylation sites (N-methyl/N-ethyl adjacent to an activating group) is 2. The van der Waals surface area contributed by atoms with Gasteiger partial charge in [-0.05, 0) is 49.8 Å². The van der Waals surface area contributed by atoms with Crippen LogP contribution in [0.3, 0.4) is 0 Å². The van der Waals surface area contributed by atoms with Gasteiger partial charge in [-0.3, -0.25) is 4.79 Å². The molecule has 0 aliphatic carbocycles.